The third kappa shape index (κ3) is 2.11. The molecule has 0 fully saturated rings. The average Bonchev–Trinajstić information content (AvgIpc) is 2.65. The maximum atomic E-state index is 5.65. The maximum absolute atomic E-state index is 5.65. The number of nitrogens with two attached hydrogens (primary N) is 1. The third-order valence-corrected chi connectivity index (χ3v) is 3.64. The fourth-order valence-corrected chi connectivity index (χ4v) is 2.53. The van der Waals surface area contributed by atoms with Crippen LogP contribution < -0.4 is 5.73 Å². The molecule has 1 heterocycles. The van der Waals surface area contributed by atoms with Crippen LogP contribution in [0.4, 0.5) is 0 Å². The fraction of sp³-hybridized carbons (Fsp3) is 0.231. The van der Waals surface area contributed by atoms with Gasteiger partial charge in [-0.1, -0.05) is 18.2 Å². The lowest BCUT2D eigenvalue weighted by Crippen LogP contribution is -1.98. The summed E-state index contributed by atoms with van der Waals surface area (Å²) in [5.74, 6) is 0. The topological polar surface area (TPSA) is 26.0 Å². The van der Waals surface area contributed by atoms with Gasteiger partial charge in [0.25, 0.3) is 0 Å². The number of benzene rings is 1. The van der Waals surface area contributed by atoms with Crippen LogP contribution in [-0.4, -0.2) is 0 Å². The highest BCUT2D eigenvalue weighted by Crippen LogP contribution is 2.28. The molecule has 0 spiro atoms. The Hall–Kier alpha value is -1.12. The van der Waals surface area contributed by atoms with E-state index in [0.717, 1.165) is 0 Å². The standard InChI is InChI=1S/C13H15NS/c1-9-7-11(4-5-12(9)8-14)13-6-3-10(2)15-13/h3-7H,8,14H2,1-2H3. The third-order valence-electron chi connectivity index (χ3n) is 2.59. The van der Waals surface area contributed by atoms with Gasteiger partial charge in [-0.25, -0.2) is 0 Å². The highest BCUT2D eigenvalue weighted by molar-refractivity contribution is 7.15. The van der Waals surface area contributed by atoms with Crippen molar-refractivity contribution in [3.05, 3.63) is 46.3 Å². The molecule has 2 heteroatoms. The van der Waals surface area contributed by atoms with E-state index in [-0.39, 0.29) is 0 Å². The van der Waals surface area contributed by atoms with Gasteiger partial charge in [0.1, 0.15) is 0 Å². The minimum absolute atomic E-state index is 0.621. The molecule has 0 saturated carbocycles. The van der Waals surface area contributed by atoms with Gasteiger partial charge in [-0.3, -0.25) is 0 Å². The largest absolute Gasteiger partial charge is 0.326 e. The Bertz CT molecular complexity index is 471. The van der Waals surface area contributed by atoms with Crippen molar-refractivity contribution in [2.24, 2.45) is 5.73 Å². The molecule has 15 heavy (non-hydrogen) atoms. The van der Waals surface area contributed by atoms with E-state index < -0.39 is 0 Å². The van der Waals surface area contributed by atoms with Crippen LogP contribution in [0.3, 0.4) is 0 Å². The Labute approximate surface area is 94.6 Å². The predicted molar refractivity (Wildman–Crippen MR) is 67.1 cm³/mol. The summed E-state index contributed by atoms with van der Waals surface area (Å²) in [6.45, 7) is 4.87. The van der Waals surface area contributed by atoms with E-state index in [0.29, 0.717) is 6.54 Å². The zero-order chi connectivity index (χ0) is 10.8. The van der Waals surface area contributed by atoms with Crippen molar-refractivity contribution < 1.29 is 0 Å². The number of hydrogen-bond acceptors (Lipinski definition) is 2. The Balaban J connectivity index is 2.42. The van der Waals surface area contributed by atoms with E-state index in [4.69, 9.17) is 5.73 Å². The Morgan fingerprint density at radius 3 is 2.47 bits per heavy atom. The number of thiophene rings is 1. The zero-order valence-electron chi connectivity index (χ0n) is 9.08. The van der Waals surface area contributed by atoms with Crippen molar-refractivity contribution in [1.29, 1.82) is 0 Å². The first-order valence-corrected chi connectivity index (χ1v) is 5.89. The molecule has 1 aromatic heterocycles. The molecule has 0 unspecified atom stereocenters. The average molecular weight is 217 g/mol. The first kappa shape index (κ1) is 10.4. The van der Waals surface area contributed by atoms with Crippen LogP contribution in [0.25, 0.3) is 10.4 Å². The monoisotopic (exact) mass is 217 g/mol. The van der Waals surface area contributed by atoms with E-state index in [1.807, 2.05) is 11.3 Å². The summed E-state index contributed by atoms with van der Waals surface area (Å²) in [7, 11) is 0. The molecule has 2 N–H and O–H groups in total. The molecule has 78 valence electrons. The highest BCUT2D eigenvalue weighted by Gasteiger charge is 2.02. The molecule has 1 aromatic carbocycles. The highest BCUT2D eigenvalue weighted by atomic mass is 32.1. The van der Waals surface area contributed by atoms with E-state index in [1.165, 1.54) is 26.4 Å². The fourth-order valence-electron chi connectivity index (χ4n) is 1.67. The van der Waals surface area contributed by atoms with Crippen molar-refractivity contribution in [3.8, 4) is 10.4 Å². The van der Waals surface area contributed by atoms with Crippen molar-refractivity contribution in [3.63, 3.8) is 0 Å². The lowest BCUT2D eigenvalue weighted by molar-refractivity contribution is 1.05. The summed E-state index contributed by atoms with van der Waals surface area (Å²) < 4.78 is 0. The molecule has 0 aliphatic rings. The van der Waals surface area contributed by atoms with Gasteiger partial charge >= 0.3 is 0 Å². The summed E-state index contributed by atoms with van der Waals surface area (Å²) in [4.78, 5) is 2.68. The normalized spacial score (nSPS) is 10.6. The molecule has 0 aliphatic carbocycles. The van der Waals surface area contributed by atoms with Crippen molar-refractivity contribution in [2.45, 2.75) is 20.4 Å². The van der Waals surface area contributed by atoms with Gasteiger partial charge < -0.3 is 5.73 Å². The van der Waals surface area contributed by atoms with E-state index in [2.05, 4.69) is 44.2 Å². The first-order chi connectivity index (χ1) is 7.20. The molecule has 2 rings (SSSR count). The van der Waals surface area contributed by atoms with Gasteiger partial charge in [0.2, 0.25) is 0 Å². The summed E-state index contributed by atoms with van der Waals surface area (Å²) >= 11 is 1.83. The quantitative estimate of drug-likeness (QED) is 0.818. The molecule has 2 aromatic rings. The molecular formula is C13H15NS. The van der Waals surface area contributed by atoms with Gasteiger partial charge in [-0.2, -0.15) is 0 Å². The predicted octanol–water partition coefficient (Wildman–Crippen LogP) is 3.49. The Morgan fingerprint density at radius 2 is 1.93 bits per heavy atom. The minimum atomic E-state index is 0.621. The molecular weight excluding hydrogens is 202 g/mol. The lowest BCUT2D eigenvalue weighted by Gasteiger charge is -2.05. The zero-order valence-corrected chi connectivity index (χ0v) is 9.90. The number of rotatable bonds is 2. The minimum Gasteiger partial charge on any atom is -0.326 e. The van der Waals surface area contributed by atoms with E-state index in [9.17, 15) is 0 Å². The second-order valence-electron chi connectivity index (χ2n) is 3.76. The SMILES string of the molecule is Cc1ccc(-c2ccc(CN)c(C)c2)s1. The first-order valence-electron chi connectivity index (χ1n) is 5.07. The number of hydrogen-bond donors (Lipinski definition) is 1. The summed E-state index contributed by atoms with van der Waals surface area (Å²) in [6.07, 6.45) is 0. The lowest BCUT2D eigenvalue weighted by atomic mass is 10.0. The van der Waals surface area contributed by atoms with Crippen LogP contribution in [0.2, 0.25) is 0 Å². The second-order valence-corrected chi connectivity index (χ2v) is 5.04. The van der Waals surface area contributed by atoms with Crippen molar-refractivity contribution in [2.75, 3.05) is 0 Å². The van der Waals surface area contributed by atoms with Gasteiger partial charge in [0, 0.05) is 16.3 Å². The summed E-state index contributed by atoms with van der Waals surface area (Å²) in [5, 5.41) is 0. The van der Waals surface area contributed by atoms with Gasteiger partial charge in [-0.15, -0.1) is 11.3 Å². The molecule has 0 aliphatic heterocycles. The Morgan fingerprint density at radius 1 is 1.13 bits per heavy atom. The molecule has 0 amide bonds. The molecule has 0 radical (unpaired) electrons. The van der Waals surface area contributed by atoms with Crippen LogP contribution in [-0.2, 0) is 6.54 Å². The molecule has 0 bridgehead atoms. The van der Waals surface area contributed by atoms with Crippen LogP contribution in [0.15, 0.2) is 30.3 Å². The summed E-state index contributed by atoms with van der Waals surface area (Å²) in [6, 6.07) is 10.8. The Kier molecular flexibility index (Phi) is 2.89. The van der Waals surface area contributed by atoms with Crippen LogP contribution in [0.1, 0.15) is 16.0 Å². The molecule has 0 atom stereocenters. The van der Waals surface area contributed by atoms with E-state index >= 15 is 0 Å². The molecule has 0 saturated heterocycles. The van der Waals surface area contributed by atoms with E-state index in [1.54, 1.807) is 0 Å². The van der Waals surface area contributed by atoms with Gasteiger partial charge in [0.05, 0.1) is 0 Å². The van der Waals surface area contributed by atoms with Crippen molar-refractivity contribution in [1.82, 2.24) is 0 Å². The van der Waals surface area contributed by atoms with Gasteiger partial charge in [0.15, 0.2) is 0 Å². The smallest absolute Gasteiger partial charge is 0.0345 e. The van der Waals surface area contributed by atoms with Crippen LogP contribution in [0.5, 0.6) is 0 Å². The maximum Gasteiger partial charge on any atom is 0.0345 e. The number of aryl methyl sites for hydroxylation is 2. The van der Waals surface area contributed by atoms with Crippen LogP contribution >= 0.6 is 11.3 Å². The van der Waals surface area contributed by atoms with Crippen LogP contribution in [0, 0.1) is 13.8 Å². The second kappa shape index (κ2) is 4.17. The molecule has 1 nitrogen and oxygen atoms in total. The van der Waals surface area contributed by atoms with Gasteiger partial charge in [-0.05, 0) is 42.7 Å². The summed E-state index contributed by atoms with van der Waals surface area (Å²) in [5.41, 5.74) is 9.45. The van der Waals surface area contributed by atoms with Crippen molar-refractivity contribution >= 4 is 11.3 Å².